The number of amides is 1. The van der Waals surface area contributed by atoms with E-state index in [-0.39, 0.29) is 11.7 Å². The number of nitrogens with one attached hydrogen (secondary N) is 1. The molecule has 3 rings (SSSR count). The monoisotopic (exact) mass is 422 g/mol. The van der Waals surface area contributed by atoms with Crippen LogP contribution in [0.2, 0.25) is 15.1 Å². The van der Waals surface area contributed by atoms with Crippen molar-refractivity contribution in [2.45, 2.75) is 26.3 Å². The lowest BCUT2D eigenvalue weighted by atomic mass is 10.1. The molecule has 0 saturated carbocycles. The highest BCUT2D eigenvalue weighted by atomic mass is 35.5. The molecule has 5 nitrogen and oxygen atoms in total. The highest BCUT2D eigenvalue weighted by molar-refractivity contribution is 6.36. The molecule has 1 N–H and O–H groups in total. The first-order valence-electron chi connectivity index (χ1n) is 8.15. The van der Waals surface area contributed by atoms with Crippen LogP contribution in [0.25, 0.3) is 17.1 Å². The lowest BCUT2D eigenvalue weighted by Crippen LogP contribution is -2.41. The van der Waals surface area contributed by atoms with E-state index in [1.54, 1.807) is 47.1 Å². The zero-order valence-corrected chi connectivity index (χ0v) is 17.2. The van der Waals surface area contributed by atoms with Crippen LogP contribution in [-0.4, -0.2) is 26.2 Å². The van der Waals surface area contributed by atoms with E-state index in [1.807, 2.05) is 20.8 Å². The molecular weight excluding hydrogens is 407 g/mol. The number of hydrogen-bond donors (Lipinski definition) is 1. The van der Waals surface area contributed by atoms with E-state index in [1.165, 1.54) is 0 Å². The molecule has 1 aromatic heterocycles. The van der Waals surface area contributed by atoms with Crippen LogP contribution in [0.4, 0.5) is 0 Å². The topological polar surface area (TPSA) is 59.8 Å². The van der Waals surface area contributed by atoms with Crippen LogP contribution in [0.1, 0.15) is 31.4 Å². The summed E-state index contributed by atoms with van der Waals surface area (Å²) in [5, 5.41) is 8.76. The molecule has 27 heavy (non-hydrogen) atoms. The second kappa shape index (κ2) is 7.50. The van der Waals surface area contributed by atoms with Gasteiger partial charge < -0.3 is 5.32 Å². The van der Waals surface area contributed by atoms with E-state index in [9.17, 15) is 4.79 Å². The standard InChI is InChI=1S/C19H17Cl3N4O/c1-19(2,3)24-18(27)16-23-17(14-9-6-12(21)10-15(14)22)26(25-16)13-7-4-11(20)5-8-13/h4-10H,1-3H3,(H,24,27). The number of carbonyl (C=O) groups excluding carboxylic acids is 1. The molecule has 0 fully saturated rings. The molecule has 0 radical (unpaired) electrons. The Kier molecular flexibility index (Phi) is 5.47. The highest BCUT2D eigenvalue weighted by Crippen LogP contribution is 2.31. The largest absolute Gasteiger partial charge is 0.345 e. The third-order valence-corrected chi connectivity index (χ3v) is 4.34. The minimum absolute atomic E-state index is 0.0425. The van der Waals surface area contributed by atoms with Gasteiger partial charge in [0.15, 0.2) is 5.82 Å². The zero-order chi connectivity index (χ0) is 19.8. The Hall–Kier alpha value is -2.08. The summed E-state index contributed by atoms with van der Waals surface area (Å²) in [6.07, 6.45) is 0. The van der Waals surface area contributed by atoms with Gasteiger partial charge in [-0.15, -0.1) is 5.10 Å². The maximum Gasteiger partial charge on any atom is 0.291 e. The summed E-state index contributed by atoms with van der Waals surface area (Å²) in [6, 6.07) is 12.1. The first-order valence-corrected chi connectivity index (χ1v) is 9.28. The summed E-state index contributed by atoms with van der Waals surface area (Å²) < 4.78 is 1.56. The van der Waals surface area contributed by atoms with E-state index in [4.69, 9.17) is 34.8 Å². The van der Waals surface area contributed by atoms with E-state index < -0.39 is 5.54 Å². The minimum Gasteiger partial charge on any atom is -0.345 e. The molecule has 2 aromatic carbocycles. The predicted molar refractivity (Wildman–Crippen MR) is 109 cm³/mol. The fourth-order valence-corrected chi connectivity index (χ4v) is 3.03. The number of aromatic nitrogens is 3. The number of carbonyl (C=O) groups is 1. The van der Waals surface area contributed by atoms with Gasteiger partial charge >= 0.3 is 0 Å². The van der Waals surface area contributed by atoms with Gasteiger partial charge in [0.05, 0.1) is 10.7 Å². The Morgan fingerprint density at radius 1 is 1.00 bits per heavy atom. The lowest BCUT2D eigenvalue weighted by Gasteiger charge is -2.18. The number of rotatable bonds is 3. The van der Waals surface area contributed by atoms with Crippen molar-refractivity contribution in [3.05, 3.63) is 63.4 Å². The summed E-state index contributed by atoms with van der Waals surface area (Å²) in [4.78, 5) is 17.0. The molecule has 140 valence electrons. The molecule has 0 aliphatic heterocycles. The zero-order valence-electron chi connectivity index (χ0n) is 14.9. The van der Waals surface area contributed by atoms with E-state index >= 15 is 0 Å². The fraction of sp³-hybridized carbons (Fsp3) is 0.211. The lowest BCUT2D eigenvalue weighted by molar-refractivity contribution is 0.0909. The summed E-state index contributed by atoms with van der Waals surface area (Å²) in [5.41, 5.74) is 0.891. The fourth-order valence-electron chi connectivity index (χ4n) is 2.41. The van der Waals surface area contributed by atoms with Crippen LogP contribution in [0, 0.1) is 0 Å². The van der Waals surface area contributed by atoms with Crippen molar-refractivity contribution < 1.29 is 4.79 Å². The van der Waals surface area contributed by atoms with Crippen LogP contribution >= 0.6 is 34.8 Å². The van der Waals surface area contributed by atoms with Crippen molar-refractivity contribution in [3.8, 4) is 17.1 Å². The summed E-state index contributed by atoms with van der Waals surface area (Å²) in [7, 11) is 0. The summed E-state index contributed by atoms with van der Waals surface area (Å²) >= 11 is 18.3. The van der Waals surface area contributed by atoms with Gasteiger partial charge in [0, 0.05) is 21.1 Å². The van der Waals surface area contributed by atoms with Crippen LogP contribution in [0.3, 0.4) is 0 Å². The Morgan fingerprint density at radius 2 is 1.63 bits per heavy atom. The summed E-state index contributed by atoms with van der Waals surface area (Å²) in [6.45, 7) is 5.66. The van der Waals surface area contributed by atoms with Crippen molar-refractivity contribution in [2.24, 2.45) is 0 Å². The molecule has 0 spiro atoms. The van der Waals surface area contributed by atoms with E-state index in [0.717, 1.165) is 0 Å². The molecular formula is C19H17Cl3N4O. The molecule has 1 heterocycles. The van der Waals surface area contributed by atoms with E-state index in [2.05, 4.69) is 15.4 Å². The Bertz CT molecular complexity index is 991. The average Bonchev–Trinajstić information content (AvgIpc) is 2.99. The number of hydrogen-bond acceptors (Lipinski definition) is 3. The first kappa shape index (κ1) is 19.7. The molecule has 0 unspecified atom stereocenters. The van der Waals surface area contributed by atoms with Gasteiger partial charge in [0.2, 0.25) is 5.82 Å². The predicted octanol–water partition coefficient (Wildman–Crippen LogP) is 5.42. The van der Waals surface area contributed by atoms with E-state index in [0.29, 0.717) is 32.1 Å². The minimum atomic E-state index is -0.416. The van der Waals surface area contributed by atoms with Gasteiger partial charge in [-0.25, -0.2) is 9.67 Å². The third kappa shape index (κ3) is 4.61. The maximum atomic E-state index is 12.6. The highest BCUT2D eigenvalue weighted by Gasteiger charge is 2.23. The van der Waals surface area contributed by atoms with Crippen molar-refractivity contribution in [1.29, 1.82) is 0 Å². The van der Waals surface area contributed by atoms with Gasteiger partial charge in [-0.3, -0.25) is 4.79 Å². The molecule has 0 aliphatic carbocycles. The Morgan fingerprint density at radius 3 is 2.22 bits per heavy atom. The molecule has 0 bridgehead atoms. The molecule has 0 saturated heterocycles. The Labute approximate surface area is 172 Å². The van der Waals surface area contributed by atoms with Crippen LogP contribution < -0.4 is 5.32 Å². The van der Waals surface area contributed by atoms with Crippen molar-refractivity contribution in [1.82, 2.24) is 20.1 Å². The Balaban J connectivity index is 2.15. The van der Waals surface area contributed by atoms with Crippen LogP contribution in [0.15, 0.2) is 42.5 Å². The smallest absolute Gasteiger partial charge is 0.291 e. The van der Waals surface area contributed by atoms with Gasteiger partial charge in [-0.05, 0) is 63.2 Å². The van der Waals surface area contributed by atoms with Crippen molar-refractivity contribution in [2.75, 3.05) is 0 Å². The van der Waals surface area contributed by atoms with Gasteiger partial charge in [0.1, 0.15) is 0 Å². The molecule has 0 aliphatic rings. The summed E-state index contributed by atoms with van der Waals surface area (Å²) in [5.74, 6) is 0.0977. The third-order valence-electron chi connectivity index (χ3n) is 3.54. The number of benzene rings is 2. The maximum absolute atomic E-state index is 12.6. The van der Waals surface area contributed by atoms with Crippen LogP contribution in [0.5, 0.6) is 0 Å². The SMILES string of the molecule is CC(C)(C)NC(=O)c1nc(-c2ccc(Cl)cc2Cl)n(-c2ccc(Cl)cc2)n1. The van der Waals surface area contributed by atoms with Crippen molar-refractivity contribution >= 4 is 40.7 Å². The second-order valence-electron chi connectivity index (χ2n) is 6.98. The van der Waals surface area contributed by atoms with Gasteiger partial charge in [0.25, 0.3) is 5.91 Å². The molecule has 8 heteroatoms. The molecule has 0 atom stereocenters. The number of halogens is 3. The second-order valence-corrected chi connectivity index (χ2v) is 8.26. The van der Waals surface area contributed by atoms with Crippen molar-refractivity contribution in [3.63, 3.8) is 0 Å². The normalized spacial score (nSPS) is 11.5. The average molecular weight is 424 g/mol. The first-order chi connectivity index (χ1) is 12.6. The van der Waals surface area contributed by atoms with Crippen LogP contribution in [-0.2, 0) is 0 Å². The quantitative estimate of drug-likeness (QED) is 0.611. The molecule has 1 amide bonds. The van der Waals surface area contributed by atoms with Gasteiger partial charge in [-0.1, -0.05) is 34.8 Å². The molecule has 3 aromatic rings. The number of nitrogens with zero attached hydrogens (tertiary/aromatic N) is 3. The van der Waals surface area contributed by atoms with Gasteiger partial charge in [-0.2, -0.15) is 0 Å².